The van der Waals surface area contributed by atoms with Crippen molar-refractivity contribution in [1.82, 2.24) is 29.4 Å². The van der Waals surface area contributed by atoms with E-state index in [0.29, 0.717) is 34.8 Å². The zero-order valence-electron chi connectivity index (χ0n) is 25.3. The van der Waals surface area contributed by atoms with E-state index in [1.54, 1.807) is 13.8 Å². The number of aromatic nitrogens is 4. The number of amides is 2. The van der Waals surface area contributed by atoms with Crippen LogP contribution in [-0.4, -0.2) is 63.1 Å². The van der Waals surface area contributed by atoms with Gasteiger partial charge in [0.05, 0.1) is 33.1 Å². The third-order valence-electron chi connectivity index (χ3n) is 7.05. The second kappa shape index (κ2) is 13.9. The van der Waals surface area contributed by atoms with Crippen molar-refractivity contribution < 1.29 is 18.0 Å². The summed E-state index contributed by atoms with van der Waals surface area (Å²) in [5, 5.41) is 15.5. The van der Waals surface area contributed by atoms with Crippen LogP contribution < -0.4 is 10.6 Å². The van der Waals surface area contributed by atoms with Crippen LogP contribution in [0.25, 0.3) is 15.9 Å². The highest BCUT2D eigenvalue weighted by atomic mass is 32.2. The summed E-state index contributed by atoms with van der Waals surface area (Å²) in [6.45, 7) is 8.28. The number of anilines is 1. The zero-order valence-corrected chi connectivity index (χ0v) is 27.7. The molecule has 0 aliphatic rings. The fraction of sp³-hybridized carbons (Fsp3) is 0.258. The van der Waals surface area contributed by atoms with Gasteiger partial charge >= 0.3 is 0 Å². The molecule has 234 valence electrons. The van der Waals surface area contributed by atoms with Crippen LogP contribution >= 0.6 is 23.1 Å². The van der Waals surface area contributed by atoms with Gasteiger partial charge in [-0.2, -0.15) is 4.31 Å². The molecule has 0 saturated heterocycles. The summed E-state index contributed by atoms with van der Waals surface area (Å²) in [4.78, 5) is 30.5. The molecule has 2 N–H and O–H groups in total. The van der Waals surface area contributed by atoms with E-state index in [1.807, 2.05) is 60.9 Å². The smallest absolute Gasteiger partial charge is 0.251 e. The van der Waals surface area contributed by atoms with E-state index < -0.39 is 10.0 Å². The topological polar surface area (TPSA) is 139 Å². The maximum Gasteiger partial charge on any atom is 0.251 e. The Hall–Kier alpha value is -4.11. The number of nitrogens with one attached hydrogen (secondary N) is 2. The molecule has 5 aromatic rings. The summed E-state index contributed by atoms with van der Waals surface area (Å²) in [6.07, 6.45) is 0. The average molecular weight is 664 g/mol. The number of thiazole rings is 1. The molecular weight excluding hydrogens is 631 g/mol. The van der Waals surface area contributed by atoms with Crippen molar-refractivity contribution in [3.05, 3.63) is 89.2 Å². The first-order valence-corrected chi connectivity index (χ1v) is 17.5. The van der Waals surface area contributed by atoms with Crippen LogP contribution in [0.4, 0.5) is 5.13 Å². The molecule has 0 aliphatic heterocycles. The Morgan fingerprint density at radius 3 is 2.42 bits per heavy atom. The van der Waals surface area contributed by atoms with E-state index in [4.69, 9.17) is 0 Å². The van der Waals surface area contributed by atoms with Crippen LogP contribution in [0.15, 0.2) is 76.8 Å². The van der Waals surface area contributed by atoms with Gasteiger partial charge in [0.15, 0.2) is 16.1 Å². The van der Waals surface area contributed by atoms with Gasteiger partial charge < -0.3 is 10.6 Å². The van der Waals surface area contributed by atoms with Crippen LogP contribution in [0.5, 0.6) is 0 Å². The first-order chi connectivity index (χ1) is 21.6. The fourth-order valence-electron chi connectivity index (χ4n) is 4.67. The number of carbonyl (C=O) groups excluding carboxylic acids is 2. The molecule has 0 saturated carbocycles. The van der Waals surface area contributed by atoms with Crippen LogP contribution in [0.1, 0.15) is 41.2 Å². The lowest BCUT2D eigenvalue weighted by Crippen LogP contribution is -2.30. The minimum atomic E-state index is -3.63. The minimum absolute atomic E-state index is 0.0528. The Morgan fingerprint density at radius 2 is 1.71 bits per heavy atom. The Labute approximate surface area is 270 Å². The lowest BCUT2D eigenvalue weighted by molar-refractivity contribution is -0.113. The Morgan fingerprint density at radius 1 is 0.978 bits per heavy atom. The standard InChI is InChI=1S/C31H33N7O4S3/c1-5-37(6-2)45(41,42)23-15-13-22(14-16-23)29(40)32-18-27-35-36-31(38(27)25-17-20(3)11-12-21(25)4)43-19-28(39)34-30-33-24-9-7-8-10-26(24)44-30/h7-17H,5-6,18-19H2,1-4H3,(H,32,40)(H,33,34,39). The molecule has 11 nitrogen and oxygen atoms in total. The van der Waals surface area contributed by atoms with Crippen LogP contribution in [0.2, 0.25) is 0 Å². The van der Waals surface area contributed by atoms with Gasteiger partial charge in [-0.1, -0.05) is 61.2 Å². The molecule has 0 spiro atoms. The first kappa shape index (κ1) is 32.3. The van der Waals surface area contributed by atoms with E-state index in [0.717, 1.165) is 27.0 Å². The number of para-hydroxylation sites is 1. The normalized spacial score (nSPS) is 11.7. The predicted molar refractivity (Wildman–Crippen MR) is 178 cm³/mol. The summed E-state index contributed by atoms with van der Waals surface area (Å²) in [7, 11) is -3.63. The number of benzene rings is 3. The Balaban J connectivity index is 1.31. The van der Waals surface area contributed by atoms with Crippen LogP contribution in [0, 0.1) is 13.8 Å². The lowest BCUT2D eigenvalue weighted by atomic mass is 10.1. The fourth-order valence-corrected chi connectivity index (χ4v) is 7.78. The molecule has 14 heteroatoms. The quantitative estimate of drug-likeness (QED) is 0.174. The third kappa shape index (κ3) is 7.25. The van der Waals surface area contributed by atoms with Gasteiger partial charge in [-0.15, -0.1) is 10.2 Å². The van der Waals surface area contributed by atoms with Crippen molar-refractivity contribution in [3.8, 4) is 5.69 Å². The summed E-state index contributed by atoms with van der Waals surface area (Å²) in [5.74, 6) is -0.0574. The van der Waals surface area contributed by atoms with Crippen molar-refractivity contribution in [2.24, 2.45) is 0 Å². The molecule has 0 radical (unpaired) electrons. The first-order valence-electron chi connectivity index (χ1n) is 14.3. The van der Waals surface area contributed by atoms with Crippen molar-refractivity contribution in [1.29, 1.82) is 0 Å². The number of rotatable bonds is 12. The SMILES string of the molecule is CCN(CC)S(=O)(=O)c1ccc(C(=O)NCc2nnc(SCC(=O)Nc3nc4ccccc4s3)n2-c2cc(C)ccc2C)cc1. The van der Waals surface area contributed by atoms with E-state index in [-0.39, 0.29) is 29.0 Å². The van der Waals surface area contributed by atoms with Gasteiger partial charge in [-0.25, -0.2) is 13.4 Å². The molecule has 45 heavy (non-hydrogen) atoms. The van der Waals surface area contributed by atoms with Gasteiger partial charge in [0.25, 0.3) is 5.91 Å². The van der Waals surface area contributed by atoms with Gasteiger partial charge in [-0.05, 0) is 67.4 Å². The monoisotopic (exact) mass is 663 g/mol. The number of thioether (sulfide) groups is 1. The number of sulfonamides is 1. The molecule has 0 bridgehead atoms. The second-order valence-electron chi connectivity index (χ2n) is 10.1. The Kier molecular flexibility index (Phi) is 9.97. The van der Waals surface area contributed by atoms with Crippen molar-refractivity contribution >= 4 is 60.3 Å². The van der Waals surface area contributed by atoms with Gasteiger partial charge in [-0.3, -0.25) is 14.2 Å². The molecule has 0 atom stereocenters. The number of carbonyl (C=O) groups is 2. The van der Waals surface area contributed by atoms with Gasteiger partial charge in [0.1, 0.15) is 0 Å². The predicted octanol–water partition coefficient (Wildman–Crippen LogP) is 5.19. The number of nitrogens with zero attached hydrogens (tertiary/aromatic N) is 5. The highest BCUT2D eigenvalue weighted by molar-refractivity contribution is 7.99. The Bertz CT molecular complexity index is 1920. The van der Waals surface area contributed by atoms with Gasteiger partial charge in [0, 0.05) is 18.7 Å². The van der Waals surface area contributed by atoms with E-state index >= 15 is 0 Å². The highest BCUT2D eigenvalue weighted by Gasteiger charge is 2.22. The summed E-state index contributed by atoms with van der Waals surface area (Å²) >= 11 is 2.64. The maximum atomic E-state index is 13.1. The van der Waals surface area contributed by atoms with Crippen molar-refractivity contribution in [3.63, 3.8) is 0 Å². The van der Waals surface area contributed by atoms with Gasteiger partial charge in [0.2, 0.25) is 15.9 Å². The summed E-state index contributed by atoms with van der Waals surface area (Å²) < 4.78 is 29.8. The van der Waals surface area contributed by atoms with E-state index in [1.165, 1.54) is 51.7 Å². The number of hydrogen-bond acceptors (Lipinski definition) is 9. The number of fused-ring (bicyclic) bond motifs is 1. The minimum Gasteiger partial charge on any atom is -0.345 e. The van der Waals surface area contributed by atoms with Crippen LogP contribution in [-0.2, 0) is 21.4 Å². The van der Waals surface area contributed by atoms with E-state index in [2.05, 4.69) is 25.8 Å². The second-order valence-corrected chi connectivity index (χ2v) is 14.1. The molecule has 0 unspecified atom stereocenters. The van der Waals surface area contributed by atoms with Crippen molar-refractivity contribution in [2.45, 2.75) is 44.3 Å². The third-order valence-corrected chi connectivity index (χ3v) is 11.0. The molecule has 0 fully saturated rings. The molecule has 2 aromatic heterocycles. The van der Waals surface area contributed by atoms with Crippen LogP contribution in [0.3, 0.4) is 0 Å². The molecular formula is C31H33N7O4S3. The average Bonchev–Trinajstić information content (AvgIpc) is 3.63. The highest BCUT2D eigenvalue weighted by Crippen LogP contribution is 2.28. The molecule has 2 heterocycles. The molecule has 0 aliphatic carbocycles. The maximum absolute atomic E-state index is 13.1. The summed E-state index contributed by atoms with van der Waals surface area (Å²) in [6, 6.07) is 19.6. The zero-order chi connectivity index (χ0) is 32.1. The van der Waals surface area contributed by atoms with Crippen molar-refractivity contribution in [2.75, 3.05) is 24.2 Å². The molecule has 5 rings (SSSR count). The number of hydrogen-bond donors (Lipinski definition) is 2. The molecule has 3 aromatic carbocycles. The lowest BCUT2D eigenvalue weighted by Gasteiger charge is -2.18. The van der Waals surface area contributed by atoms with E-state index in [9.17, 15) is 18.0 Å². The number of aryl methyl sites for hydroxylation is 2. The molecule has 2 amide bonds. The summed E-state index contributed by atoms with van der Waals surface area (Å²) in [5.41, 5.74) is 3.98. The largest absolute Gasteiger partial charge is 0.345 e.